The Labute approximate surface area is 146 Å². The average molecular weight is 341 g/mol. The lowest BCUT2D eigenvalue weighted by atomic mass is 9.90. The van der Waals surface area contributed by atoms with Crippen molar-refractivity contribution in [1.29, 1.82) is 0 Å². The highest BCUT2D eigenvalue weighted by Crippen LogP contribution is 2.55. The first-order valence-electron chi connectivity index (χ1n) is 10.2. The van der Waals surface area contributed by atoms with E-state index in [2.05, 4.69) is 34.6 Å². The van der Waals surface area contributed by atoms with E-state index in [-0.39, 0.29) is 0 Å². The standard InChI is InChI=1S/C20H40O2Si/c1-6-13-21-23(22-14-7-2,18-10-8-9-17(3)15-18)19-11-12-20(4,5)16-19/h17-19H,6-16H2,1-5H3. The van der Waals surface area contributed by atoms with E-state index in [9.17, 15) is 0 Å². The highest BCUT2D eigenvalue weighted by molar-refractivity contribution is 6.70. The lowest BCUT2D eigenvalue weighted by Gasteiger charge is -2.44. The van der Waals surface area contributed by atoms with Crippen LogP contribution in [0.1, 0.15) is 92.4 Å². The Morgan fingerprint density at radius 2 is 1.61 bits per heavy atom. The van der Waals surface area contributed by atoms with Crippen molar-refractivity contribution in [3.05, 3.63) is 0 Å². The van der Waals surface area contributed by atoms with Gasteiger partial charge in [0.1, 0.15) is 0 Å². The Balaban J connectivity index is 2.25. The van der Waals surface area contributed by atoms with Gasteiger partial charge in [-0.2, -0.15) is 0 Å². The molecule has 0 aromatic rings. The van der Waals surface area contributed by atoms with Crippen molar-refractivity contribution in [2.45, 2.75) is 103 Å². The fraction of sp³-hybridized carbons (Fsp3) is 1.00. The molecule has 3 unspecified atom stereocenters. The summed E-state index contributed by atoms with van der Waals surface area (Å²) in [4.78, 5) is 0. The Morgan fingerprint density at radius 1 is 0.957 bits per heavy atom. The van der Waals surface area contributed by atoms with Crippen LogP contribution in [0.25, 0.3) is 0 Å². The first kappa shape index (κ1) is 19.5. The quantitative estimate of drug-likeness (QED) is 0.473. The molecule has 2 rings (SSSR count). The molecule has 2 aliphatic rings. The summed E-state index contributed by atoms with van der Waals surface area (Å²) in [6, 6.07) is 0. The highest BCUT2D eigenvalue weighted by atomic mass is 28.4. The van der Waals surface area contributed by atoms with E-state index in [1.165, 1.54) is 44.9 Å². The molecule has 2 aliphatic carbocycles. The normalized spacial score (nSPS) is 31.4. The largest absolute Gasteiger partial charge is 0.394 e. The fourth-order valence-corrected chi connectivity index (χ4v) is 10.4. The smallest absolute Gasteiger partial charge is 0.344 e. The first-order valence-corrected chi connectivity index (χ1v) is 12.2. The predicted octanol–water partition coefficient (Wildman–Crippen LogP) is 6.44. The Bertz CT molecular complexity index is 344. The summed E-state index contributed by atoms with van der Waals surface area (Å²) in [5.41, 5.74) is 1.92. The van der Waals surface area contributed by atoms with E-state index in [4.69, 9.17) is 8.85 Å². The molecular formula is C20H40O2Si. The van der Waals surface area contributed by atoms with E-state index in [0.29, 0.717) is 11.0 Å². The van der Waals surface area contributed by atoms with Gasteiger partial charge in [0.15, 0.2) is 0 Å². The molecule has 0 spiro atoms. The van der Waals surface area contributed by atoms with Gasteiger partial charge in [-0.1, -0.05) is 47.5 Å². The maximum Gasteiger partial charge on any atom is 0.344 e. The van der Waals surface area contributed by atoms with Gasteiger partial charge in [0, 0.05) is 24.3 Å². The van der Waals surface area contributed by atoms with Crippen LogP contribution in [0.5, 0.6) is 0 Å². The van der Waals surface area contributed by atoms with Crippen LogP contribution in [-0.2, 0) is 8.85 Å². The van der Waals surface area contributed by atoms with Gasteiger partial charge < -0.3 is 8.85 Å². The van der Waals surface area contributed by atoms with Crippen LogP contribution >= 0.6 is 0 Å². The molecule has 3 heteroatoms. The van der Waals surface area contributed by atoms with Gasteiger partial charge in [-0.3, -0.25) is 0 Å². The monoisotopic (exact) mass is 340 g/mol. The molecule has 0 amide bonds. The van der Waals surface area contributed by atoms with Crippen molar-refractivity contribution < 1.29 is 8.85 Å². The van der Waals surface area contributed by atoms with Gasteiger partial charge in [0.2, 0.25) is 0 Å². The summed E-state index contributed by atoms with van der Waals surface area (Å²) < 4.78 is 13.5. The maximum atomic E-state index is 6.76. The maximum absolute atomic E-state index is 6.76. The first-order chi connectivity index (χ1) is 10.9. The van der Waals surface area contributed by atoms with E-state index in [0.717, 1.165) is 37.5 Å². The summed E-state index contributed by atoms with van der Waals surface area (Å²) in [5, 5.41) is 0. The van der Waals surface area contributed by atoms with Crippen molar-refractivity contribution in [1.82, 2.24) is 0 Å². The third-order valence-electron chi connectivity index (χ3n) is 6.11. The highest BCUT2D eigenvalue weighted by Gasteiger charge is 2.55. The van der Waals surface area contributed by atoms with Gasteiger partial charge >= 0.3 is 8.56 Å². The molecular weight excluding hydrogens is 300 g/mol. The van der Waals surface area contributed by atoms with E-state index in [1.807, 2.05) is 0 Å². The molecule has 0 radical (unpaired) electrons. The van der Waals surface area contributed by atoms with E-state index < -0.39 is 8.56 Å². The van der Waals surface area contributed by atoms with Crippen LogP contribution in [0.3, 0.4) is 0 Å². The molecule has 136 valence electrons. The van der Waals surface area contributed by atoms with E-state index in [1.54, 1.807) is 0 Å². The SMILES string of the molecule is CCCO[Si](OCCC)(C1CCCC(C)C1)C1CCC(C)(C)C1. The van der Waals surface area contributed by atoms with Gasteiger partial charge in [-0.05, 0) is 56.3 Å². The minimum Gasteiger partial charge on any atom is -0.394 e. The van der Waals surface area contributed by atoms with Crippen LogP contribution in [0, 0.1) is 11.3 Å². The van der Waals surface area contributed by atoms with Gasteiger partial charge in [-0.15, -0.1) is 0 Å². The van der Waals surface area contributed by atoms with Crippen LogP contribution in [0.15, 0.2) is 0 Å². The van der Waals surface area contributed by atoms with Gasteiger partial charge in [-0.25, -0.2) is 0 Å². The van der Waals surface area contributed by atoms with Crippen molar-refractivity contribution in [3.8, 4) is 0 Å². The zero-order chi connectivity index (χ0) is 16.9. The minimum absolute atomic E-state index is 0.481. The molecule has 2 fully saturated rings. The van der Waals surface area contributed by atoms with Crippen LogP contribution in [0.4, 0.5) is 0 Å². The third-order valence-corrected chi connectivity index (χ3v) is 10.7. The molecule has 0 aromatic carbocycles. The van der Waals surface area contributed by atoms with Gasteiger partial charge in [0.05, 0.1) is 0 Å². The Morgan fingerprint density at radius 3 is 2.09 bits per heavy atom. The summed E-state index contributed by atoms with van der Waals surface area (Å²) in [7, 11) is -2.13. The lowest BCUT2D eigenvalue weighted by Crippen LogP contribution is -2.52. The summed E-state index contributed by atoms with van der Waals surface area (Å²) in [6.07, 6.45) is 11.7. The molecule has 2 nitrogen and oxygen atoms in total. The predicted molar refractivity (Wildman–Crippen MR) is 101 cm³/mol. The third kappa shape index (κ3) is 4.82. The average Bonchev–Trinajstić information content (AvgIpc) is 2.88. The van der Waals surface area contributed by atoms with Crippen LogP contribution in [-0.4, -0.2) is 21.8 Å². The fourth-order valence-electron chi connectivity index (χ4n) is 4.95. The summed E-state index contributed by atoms with van der Waals surface area (Å²) in [6.45, 7) is 13.6. The number of hydrogen-bond donors (Lipinski definition) is 0. The molecule has 2 saturated carbocycles. The molecule has 0 saturated heterocycles. The molecule has 0 bridgehead atoms. The van der Waals surface area contributed by atoms with Crippen molar-refractivity contribution in [2.75, 3.05) is 13.2 Å². The van der Waals surface area contributed by atoms with Crippen LogP contribution < -0.4 is 0 Å². The lowest BCUT2D eigenvalue weighted by molar-refractivity contribution is 0.134. The van der Waals surface area contributed by atoms with Crippen molar-refractivity contribution in [2.24, 2.45) is 11.3 Å². The number of hydrogen-bond acceptors (Lipinski definition) is 2. The zero-order valence-corrected chi connectivity index (χ0v) is 17.3. The van der Waals surface area contributed by atoms with Crippen molar-refractivity contribution in [3.63, 3.8) is 0 Å². The topological polar surface area (TPSA) is 18.5 Å². The molecule has 0 heterocycles. The molecule has 0 aliphatic heterocycles. The molecule has 3 atom stereocenters. The number of rotatable bonds is 8. The Kier molecular flexibility index (Phi) is 7.18. The summed E-state index contributed by atoms with van der Waals surface area (Å²) in [5.74, 6) is 0.852. The zero-order valence-electron chi connectivity index (χ0n) is 16.3. The second-order valence-corrected chi connectivity index (χ2v) is 12.6. The van der Waals surface area contributed by atoms with E-state index >= 15 is 0 Å². The second kappa shape index (κ2) is 8.49. The van der Waals surface area contributed by atoms with Gasteiger partial charge in [0.25, 0.3) is 0 Å². The molecule has 0 N–H and O–H groups in total. The second-order valence-electron chi connectivity index (χ2n) is 8.99. The summed E-state index contributed by atoms with van der Waals surface area (Å²) >= 11 is 0. The van der Waals surface area contributed by atoms with Crippen molar-refractivity contribution >= 4 is 8.56 Å². The molecule has 23 heavy (non-hydrogen) atoms. The molecule has 0 aromatic heterocycles. The minimum atomic E-state index is -2.13. The van der Waals surface area contributed by atoms with Crippen LogP contribution in [0.2, 0.25) is 11.1 Å². The Hall–Kier alpha value is 0.137.